The molecule has 1 amide bonds. The monoisotopic (exact) mass is 656 g/mol. The fraction of sp³-hybridized carbons (Fsp3) is 0.585. The van der Waals surface area contributed by atoms with Gasteiger partial charge < -0.3 is 10.3 Å². The summed E-state index contributed by atoms with van der Waals surface area (Å²) >= 11 is 12.8. The molecule has 5 heteroatoms. The molecule has 5 unspecified atom stereocenters. The number of allylic oxidation sites excluding steroid dienone is 2. The van der Waals surface area contributed by atoms with Crippen LogP contribution in [0.4, 0.5) is 5.69 Å². The van der Waals surface area contributed by atoms with Gasteiger partial charge in [0.15, 0.2) is 0 Å². The first-order valence-corrected chi connectivity index (χ1v) is 18.6. The molecule has 0 radical (unpaired) electrons. The van der Waals surface area contributed by atoms with E-state index >= 15 is 0 Å². The number of halogens is 2. The predicted molar refractivity (Wildman–Crippen MR) is 191 cm³/mol. The van der Waals surface area contributed by atoms with Crippen LogP contribution in [0.25, 0.3) is 10.9 Å². The number of hydrogen-bond donors (Lipinski definition) is 2. The van der Waals surface area contributed by atoms with Crippen LogP contribution in [-0.2, 0) is 16.6 Å². The van der Waals surface area contributed by atoms with Crippen LogP contribution in [0, 0.1) is 51.8 Å². The molecular weight excluding hydrogens is 607 g/mol. The summed E-state index contributed by atoms with van der Waals surface area (Å²) in [6.07, 6.45) is 11.6. The predicted octanol–water partition coefficient (Wildman–Crippen LogP) is 11.4. The summed E-state index contributed by atoms with van der Waals surface area (Å²) in [6, 6.07) is 14.0. The van der Waals surface area contributed by atoms with Gasteiger partial charge in [0.2, 0.25) is 5.91 Å². The van der Waals surface area contributed by atoms with Gasteiger partial charge in [-0.3, -0.25) is 4.79 Å². The number of rotatable bonds is 2. The molecule has 0 saturated heterocycles. The van der Waals surface area contributed by atoms with Gasteiger partial charge in [-0.25, -0.2) is 0 Å². The molecule has 3 fully saturated rings. The lowest BCUT2D eigenvalue weighted by Crippen LogP contribution is -2.62. The van der Waals surface area contributed by atoms with E-state index in [1.165, 1.54) is 35.0 Å². The Morgan fingerprint density at radius 3 is 2.35 bits per heavy atom. The van der Waals surface area contributed by atoms with Crippen molar-refractivity contribution in [3.8, 4) is 0 Å². The number of H-pyrrole nitrogens is 1. The molecule has 9 atom stereocenters. The molecule has 2 N–H and O–H groups in total. The van der Waals surface area contributed by atoms with Crippen LogP contribution in [0.15, 0.2) is 54.1 Å². The number of carbonyl (C=O) groups excluding carboxylic acids is 1. The molecule has 1 aromatic heterocycles. The van der Waals surface area contributed by atoms with Crippen LogP contribution in [0.2, 0.25) is 10.0 Å². The topological polar surface area (TPSA) is 44.9 Å². The molecule has 5 aliphatic carbocycles. The Labute approximate surface area is 285 Å². The van der Waals surface area contributed by atoms with Crippen LogP contribution in [0.3, 0.4) is 0 Å². The van der Waals surface area contributed by atoms with Crippen LogP contribution in [0.1, 0.15) is 97.7 Å². The molecule has 2 aromatic carbocycles. The lowest BCUT2D eigenvalue weighted by molar-refractivity contribution is -0.147. The third-order valence-electron chi connectivity index (χ3n) is 14.9. The Kier molecular flexibility index (Phi) is 7.01. The zero-order valence-corrected chi connectivity index (χ0v) is 29.9. The number of fused-ring (bicyclic) bond motifs is 10. The first-order valence-electron chi connectivity index (χ1n) is 17.9. The maximum Gasteiger partial charge on any atom is 0.231 e. The van der Waals surface area contributed by atoms with Crippen LogP contribution in [0.5, 0.6) is 0 Å². The molecule has 46 heavy (non-hydrogen) atoms. The molecule has 3 nitrogen and oxygen atoms in total. The van der Waals surface area contributed by atoms with Crippen LogP contribution in [-0.4, -0.2) is 10.9 Å². The number of hydrogen-bond acceptors (Lipinski definition) is 1. The average Bonchev–Trinajstić information content (AvgIpc) is 3.37. The van der Waals surface area contributed by atoms with E-state index in [1.807, 2.05) is 30.3 Å². The summed E-state index contributed by atoms with van der Waals surface area (Å²) in [5.74, 6) is 3.39. The Bertz CT molecular complexity index is 1750. The second kappa shape index (κ2) is 10.4. The van der Waals surface area contributed by atoms with E-state index in [1.54, 1.807) is 5.57 Å². The summed E-state index contributed by atoms with van der Waals surface area (Å²) < 4.78 is 0. The highest BCUT2D eigenvalue weighted by Crippen LogP contribution is 2.72. The smallest absolute Gasteiger partial charge is 0.231 e. The summed E-state index contributed by atoms with van der Waals surface area (Å²) in [5.41, 5.74) is 6.77. The van der Waals surface area contributed by atoms with E-state index < -0.39 is 0 Å². The third-order valence-corrected chi connectivity index (χ3v) is 15.4. The maximum atomic E-state index is 14.4. The van der Waals surface area contributed by atoms with Gasteiger partial charge in [0, 0.05) is 37.7 Å². The van der Waals surface area contributed by atoms with Crippen molar-refractivity contribution >= 4 is 45.7 Å². The number of nitrogens with one attached hydrogen (secondary N) is 2. The highest BCUT2D eigenvalue weighted by Gasteiger charge is 2.66. The van der Waals surface area contributed by atoms with Crippen molar-refractivity contribution in [3.05, 3.63) is 75.4 Å². The number of anilines is 1. The van der Waals surface area contributed by atoms with Crippen molar-refractivity contribution in [1.29, 1.82) is 0 Å². The quantitative estimate of drug-likeness (QED) is 0.265. The Hall–Kier alpha value is -2.23. The van der Waals surface area contributed by atoms with Gasteiger partial charge in [0.05, 0.1) is 5.41 Å². The zero-order valence-electron chi connectivity index (χ0n) is 28.4. The van der Waals surface area contributed by atoms with Gasteiger partial charge in [0.1, 0.15) is 0 Å². The molecule has 8 rings (SSSR count). The lowest BCUT2D eigenvalue weighted by atomic mass is 9.37. The van der Waals surface area contributed by atoms with Crippen molar-refractivity contribution in [2.75, 3.05) is 5.32 Å². The van der Waals surface area contributed by atoms with E-state index in [-0.39, 0.29) is 27.6 Å². The van der Waals surface area contributed by atoms with Gasteiger partial charge >= 0.3 is 0 Å². The van der Waals surface area contributed by atoms with Crippen molar-refractivity contribution < 1.29 is 4.79 Å². The first-order chi connectivity index (χ1) is 21.8. The van der Waals surface area contributed by atoms with Gasteiger partial charge in [0.25, 0.3) is 0 Å². The first kappa shape index (κ1) is 31.1. The summed E-state index contributed by atoms with van der Waals surface area (Å²) in [7, 11) is 0. The van der Waals surface area contributed by atoms with E-state index in [0.717, 1.165) is 49.2 Å². The molecule has 0 bridgehead atoms. The number of aromatic nitrogens is 1. The molecule has 244 valence electrons. The second-order valence-electron chi connectivity index (χ2n) is 17.2. The van der Waals surface area contributed by atoms with Crippen molar-refractivity contribution in [1.82, 2.24) is 4.98 Å². The van der Waals surface area contributed by atoms with Crippen LogP contribution >= 0.6 is 23.2 Å². The molecule has 5 aliphatic rings. The second-order valence-corrected chi connectivity index (χ2v) is 18.1. The normalized spacial score (nSPS) is 39.3. The minimum atomic E-state index is -0.344. The number of amides is 1. The summed E-state index contributed by atoms with van der Waals surface area (Å²) in [4.78, 5) is 18.3. The third kappa shape index (κ3) is 4.19. The molecule has 0 spiro atoms. The van der Waals surface area contributed by atoms with Crippen LogP contribution < -0.4 is 5.32 Å². The van der Waals surface area contributed by atoms with Crippen molar-refractivity contribution in [2.24, 2.45) is 51.8 Å². The van der Waals surface area contributed by atoms with E-state index in [9.17, 15) is 4.79 Å². The zero-order chi connectivity index (χ0) is 32.4. The van der Waals surface area contributed by atoms with E-state index in [4.69, 9.17) is 23.2 Å². The van der Waals surface area contributed by atoms with Gasteiger partial charge in [-0.1, -0.05) is 76.4 Å². The minimum absolute atomic E-state index is 0.0634. The molecule has 3 saturated carbocycles. The minimum Gasteiger partial charge on any atom is -0.358 e. The highest BCUT2D eigenvalue weighted by atomic mass is 35.5. The molecule has 1 heterocycles. The fourth-order valence-electron chi connectivity index (χ4n) is 12.7. The number of aromatic amines is 1. The molecule has 3 aromatic rings. The largest absolute Gasteiger partial charge is 0.358 e. The molecule has 0 aliphatic heterocycles. The number of benzene rings is 2. The standard InChI is InChI=1S/C41H50Cl2N2O/c1-23-15-19-41(37(46)44-27-10-7-25(42)8-11-27)20-16-31-28(35(41)24(23)2)12-14-34-39(31,5)18-17-33-38(3,4)36-30(22-40(33,34)6)29-21-26(43)9-13-32(29)45-36/h7-13,21,23-24,31,33-35,45H,14-20,22H2,1-6H3,(H,44,46)/t23-,24?,31?,33?,34?,35?,39+,40+,41+/m1/s1. The SMILES string of the molecule is CC1C2C3=CCC4[C@@](C)(CCC5C(C)(C)c6[nH]c7ccc(Cl)cc7c6C[C@@]54C)C3CC[C@@]2(C(=O)Nc2ccc(Cl)cc2)CC[C@H]1C. The van der Waals surface area contributed by atoms with Gasteiger partial charge in [-0.2, -0.15) is 0 Å². The lowest BCUT2D eigenvalue weighted by Gasteiger charge is -2.67. The van der Waals surface area contributed by atoms with E-state index in [0.29, 0.717) is 40.5 Å². The highest BCUT2D eigenvalue weighted by molar-refractivity contribution is 6.31. The van der Waals surface area contributed by atoms with Crippen molar-refractivity contribution in [3.63, 3.8) is 0 Å². The maximum absolute atomic E-state index is 14.4. The average molecular weight is 658 g/mol. The Morgan fingerprint density at radius 1 is 0.870 bits per heavy atom. The Balaban J connectivity index is 1.19. The number of carbonyl (C=O) groups is 1. The molecular formula is C41H50Cl2N2O. The van der Waals surface area contributed by atoms with E-state index in [2.05, 4.69) is 70.1 Å². The van der Waals surface area contributed by atoms with Gasteiger partial charge in [-0.15, -0.1) is 0 Å². The Morgan fingerprint density at radius 2 is 1.59 bits per heavy atom. The summed E-state index contributed by atoms with van der Waals surface area (Å²) in [6.45, 7) is 15.2. The fourth-order valence-corrected chi connectivity index (χ4v) is 13.0. The van der Waals surface area contributed by atoms with Crippen molar-refractivity contribution in [2.45, 2.75) is 98.3 Å². The summed E-state index contributed by atoms with van der Waals surface area (Å²) in [5, 5.41) is 6.19. The van der Waals surface area contributed by atoms with Gasteiger partial charge in [-0.05, 0) is 146 Å².